The molecule has 0 N–H and O–H groups in total. The van der Waals surface area contributed by atoms with Gasteiger partial charge in [-0.15, -0.1) is 0 Å². The second-order valence-corrected chi connectivity index (χ2v) is 7.03. The van der Waals surface area contributed by atoms with E-state index in [-0.39, 0.29) is 10.6 Å². The van der Waals surface area contributed by atoms with E-state index in [1.807, 2.05) is 0 Å². The molecule has 2 fully saturated rings. The van der Waals surface area contributed by atoms with Gasteiger partial charge < -0.3 is 14.5 Å². The molecule has 2 aliphatic rings. The van der Waals surface area contributed by atoms with Gasteiger partial charge in [-0.1, -0.05) is 11.6 Å². The lowest BCUT2D eigenvalue weighted by Crippen LogP contribution is -2.47. The summed E-state index contributed by atoms with van der Waals surface area (Å²) in [5, 5.41) is 4.57. The Labute approximate surface area is 156 Å². The van der Waals surface area contributed by atoms with Crippen LogP contribution in [0.25, 0.3) is 0 Å². The first-order valence-electron chi connectivity index (χ1n) is 8.78. The quantitative estimate of drug-likeness (QED) is 0.781. The number of nitrogens with zero attached hydrogens (tertiary/aromatic N) is 6. The molecule has 1 aliphatic heterocycles. The van der Waals surface area contributed by atoms with Gasteiger partial charge in [0, 0.05) is 45.0 Å². The average Bonchev–Trinajstić information content (AvgIpc) is 3.50. The van der Waals surface area contributed by atoms with E-state index in [2.05, 4.69) is 24.9 Å². The van der Waals surface area contributed by atoms with Crippen LogP contribution in [0.4, 0.5) is 11.6 Å². The van der Waals surface area contributed by atoms with Crippen molar-refractivity contribution in [1.29, 1.82) is 0 Å². The van der Waals surface area contributed by atoms with Crippen LogP contribution in [0.1, 0.15) is 12.8 Å². The summed E-state index contributed by atoms with van der Waals surface area (Å²) < 4.78 is 6.65. The van der Waals surface area contributed by atoms with Gasteiger partial charge in [0.1, 0.15) is 5.02 Å². The fraction of sp³-hybridized carbons (Fsp3) is 0.529. The first-order chi connectivity index (χ1) is 12.7. The number of methoxy groups -OCH3 is 1. The van der Waals surface area contributed by atoms with Crippen LogP contribution in [0.2, 0.25) is 5.02 Å². The standard InChI is InChI=1S/C17H21ClN6O2/c1-26-14-4-5-19-17(21-14)23-8-6-22(7-9-23)13-10-20-24(11-12-2-3-12)16(25)15(13)18/h4-5,10,12H,2-3,6-9,11H2,1H3. The largest absolute Gasteiger partial charge is 0.481 e. The van der Waals surface area contributed by atoms with Gasteiger partial charge in [0.25, 0.3) is 5.56 Å². The molecule has 0 spiro atoms. The van der Waals surface area contributed by atoms with Crippen molar-refractivity contribution in [2.75, 3.05) is 43.1 Å². The van der Waals surface area contributed by atoms with Crippen LogP contribution in [-0.2, 0) is 6.54 Å². The topological polar surface area (TPSA) is 76.4 Å². The summed E-state index contributed by atoms with van der Waals surface area (Å²) in [5.41, 5.74) is 0.504. The first kappa shape index (κ1) is 17.1. The molecule has 3 heterocycles. The highest BCUT2D eigenvalue weighted by atomic mass is 35.5. The van der Waals surface area contributed by atoms with E-state index in [1.54, 1.807) is 25.6 Å². The molecule has 2 aromatic rings. The molecule has 26 heavy (non-hydrogen) atoms. The summed E-state index contributed by atoms with van der Waals surface area (Å²) in [5.74, 6) is 1.77. The maximum atomic E-state index is 12.4. The van der Waals surface area contributed by atoms with Crippen molar-refractivity contribution >= 4 is 23.2 Å². The lowest BCUT2D eigenvalue weighted by molar-refractivity contribution is 0.396. The monoisotopic (exact) mass is 376 g/mol. The van der Waals surface area contributed by atoms with Crippen molar-refractivity contribution in [2.45, 2.75) is 19.4 Å². The molecule has 1 saturated heterocycles. The van der Waals surface area contributed by atoms with Crippen molar-refractivity contribution in [3.63, 3.8) is 0 Å². The molecule has 1 saturated carbocycles. The molecule has 0 bridgehead atoms. The van der Waals surface area contributed by atoms with E-state index < -0.39 is 0 Å². The summed E-state index contributed by atoms with van der Waals surface area (Å²) in [7, 11) is 1.59. The second-order valence-electron chi connectivity index (χ2n) is 6.65. The van der Waals surface area contributed by atoms with Gasteiger partial charge in [0.15, 0.2) is 0 Å². The predicted octanol–water partition coefficient (Wildman–Crippen LogP) is 1.43. The lowest BCUT2D eigenvalue weighted by atomic mass is 10.3. The van der Waals surface area contributed by atoms with E-state index in [1.165, 1.54) is 17.5 Å². The maximum Gasteiger partial charge on any atom is 0.287 e. The lowest BCUT2D eigenvalue weighted by Gasteiger charge is -2.36. The summed E-state index contributed by atoms with van der Waals surface area (Å²) in [6, 6.07) is 1.72. The number of halogens is 1. The summed E-state index contributed by atoms with van der Waals surface area (Å²) in [4.78, 5) is 25.3. The second kappa shape index (κ2) is 7.11. The van der Waals surface area contributed by atoms with Gasteiger partial charge >= 0.3 is 0 Å². The molecule has 1 aliphatic carbocycles. The molecule has 0 radical (unpaired) electrons. The minimum atomic E-state index is -0.199. The highest BCUT2D eigenvalue weighted by molar-refractivity contribution is 6.33. The first-order valence-corrected chi connectivity index (χ1v) is 9.16. The van der Waals surface area contributed by atoms with Crippen molar-refractivity contribution in [1.82, 2.24) is 19.7 Å². The van der Waals surface area contributed by atoms with E-state index in [0.717, 1.165) is 13.1 Å². The molecular weight excluding hydrogens is 356 g/mol. The molecular formula is C17H21ClN6O2. The van der Waals surface area contributed by atoms with Crippen LogP contribution in [0.15, 0.2) is 23.3 Å². The van der Waals surface area contributed by atoms with Crippen LogP contribution >= 0.6 is 11.6 Å². The number of piperazine rings is 1. The van der Waals surface area contributed by atoms with Crippen molar-refractivity contribution < 1.29 is 4.74 Å². The molecule has 138 valence electrons. The van der Waals surface area contributed by atoms with Crippen LogP contribution in [0.3, 0.4) is 0 Å². The fourth-order valence-electron chi connectivity index (χ4n) is 3.10. The predicted molar refractivity (Wildman–Crippen MR) is 99.2 cm³/mol. The minimum absolute atomic E-state index is 0.199. The van der Waals surface area contributed by atoms with Crippen LogP contribution in [0, 0.1) is 5.92 Å². The number of rotatable bonds is 5. The number of ether oxygens (including phenoxy) is 1. The van der Waals surface area contributed by atoms with Crippen LogP contribution in [-0.4, -0.2) is 53.0 Å². The van der Waals surface area contributed by atoms with Crippen LogP contribution in [0.5, 0.6) is 5.88 Å². The van der Waals surface area contributed by atoms with Crippen molar-refractivity contribution in [2.24, 2.45) is 5.92 Å². The Morgan fingerprint density at radius 2 is 1.96 bits per heavy atom. The zero-order chi connectivity index (χ0) is 18.1. The number of hydrogen-bond donors (Lipinski definition) is 0. The molecule has 2 aromatic heterocycles. The van der Waals surface area contributed by atoms with Crippen molar-refractivity contribution in [3.8, 4) is 5.88 Å². The Balaban J connectivity index is 1.46. The summed E-state index contributed by atoms with van der Waals surface area (Å²) in [6.45, 7) is 3.56. The Morgan fingerprint density at radius 1 is 1.23 bits per heavy atom. The Hall–Kier alpha value is -2.35. The molecule has 0 amide bonds. The maximum absolute atomic E-state index is 12.4. The van der Waals surface area contributed by atoms with Gasteiger partial charge in [0.2, 0.25) is 11.8 Å². The van der Waals surface area contributed by atoms with Gasteiger partial charge in [-0.25, -0.2) is 9.67 Å². The van der Waals surface area contributed by atoms with Gasteiger partial charge in [0.05, 0.1) is 19.0 Å². The highest BCUT2D eigenvalue weighted by Crippen LogP contribution is 2.30. The number of aromatic nitrogens is 4. The van der Waals surface area contributed by atoms with E-state index in [9.17, 15) is 4.79 Å². The molecule has 0 unspecified atom stereocenters. The Kier molecular flexibility index (Phi) is 4.67. The van der Waals surface area contributed by atoms with E-state index in [4.69, 9.17) is 16.3 Å². The Morgan fingerprint density at radius 3 is 2.65 bits per heavy atom. The number of hydrogen-bond acceptors (Lipinski definition) is 7. The Bertz CT molecular complexity index is 845. The third kappa shape index (κ3) is 3.46. The molecule has 9 heteroatoms. The average molecular weight is 377 g/mol. The number of anilines is 2. The van der Waals surface area contributed by atoms with E-state index >= 15 is 0 Å². The SMILES string of the molecule is COc1ccnc(N2CCN(c3cnn(CC4CC4)c(=O)c3Cl)CC2)n1. The van der Waals surface area contributed by atoms with Gasteiger partial charge in [-0.05, 0) is 18.8 Å². The van der Waals surface area contributed by atoms with Crippen molar-refractivity contribution in [3.05, 3.63) is 33.8 Å². The smallest absolute Gasteiger partial charge is 0.287 e. The fourth-order valence-corrected chi connectivity index (χ4v) is 3.36. The summed E-state index contributed by atoms with van der Waals surface area (Å²) >= 11 is 6.36. The molecule has 4 rings (SSSR count). The zero-order valence-corrected chi connectivity index (χ0v) is 15.4. The minimum Gasteiger partial charge on any atom is -0.481 e. The molecule has 8 nitrogen and oxygen atoms in total. The van der Waals surface area contributed by atoms with Gasteiger partial charge in [-0.3, -0.25) is 4.79 Å². The van der Waals surface area contributed by atoms with Gasteiger partial charge in [-0.2, -0.15) is 10.1 Å². The summed E-state index contributed by atoms with van der Waals surface area (Å²) in [6.07, 6.45) is 5.74. The van der Waals surface area contributed by atoms with E-state index in [0.29, 0.717) is 43.1 Å². The molecule has 0 aromatic carbocycles. The normalized spacial score (nSPS) is 17.5. The highest BCUT2D eigenvalue weighted by Gasteiger charge is 2.25. The third-order valence-corrected chi connectivity index (χ3v) is 5.18. The van der Waals surface area contributed by atoms with Crippen LogP contribution < -0.4 is 20.1 Å². The zero-order valence-electron chi connectivity index (χ0n) is 14.6. The third-order valence-electron chi connectivity index (χ3n) is 4.82. The molecule has 0 atom stereocenters.